The van der Waals surface area contributed by atoms with Crippen molar-refractivity contribution in [3.63, 3.8) is 0 Å². The first-order valence-electron chi connectivity index (χ1n) is 5.93. The highest BCUT2D eigenvalue weighted by molar-refractivity contribution is 5.68. The lowest BCUT2D eigenvalue weighted by atomic mass is 10.2. The number of pyridine rings is 1. The zero-order chi connectivity index (χ0) is 13.8. The summed E-state index contributed by atoms with van der Waals surface area (Å²) in [6.45, 7) is 3.89. The number of nitrogens with zero attached hydrogens (tertiary/aromatic N) is 2. The van der Waals surface area contributed by atoms with Crippen molar-refractivity contribution in [1.82, 2.24) is 4.98 Å². The maximum absolute atomic E-state index is 9.11. The zero-order valence-electron chi connectivity index (χ0n) is 11.2. The van der Waals surface area contributed by atoms with Gasteiger partial charge in [-0.1, -0.05) is 6.07 Å². The third kappa shape index (κ3) is 2.83. The Kier molecular flexibility index (Phi) is 3.67. The fourth-order valence-corrected chi connectivity index (χ4v) is 1.79. The summed E-state index contributed by atoms with van der Waals surface area (Å²) in [7, 11) is 1.62. The Labute approximate surface area is 112 Å². The highest BCUT2D eigenvalue weighted by Crippen LogP contribution is 2.29. The van der Waals surface area contributed by atoms with E-state index in [2.05, 4.69) is 16.4 Å². The molecule has 0 bridgehead atoms. The monoisotopic (exact) mass is 253 g/mol. The maximum atomic E-state index is 9.11. The minimum atomic E-state index is 0.508. The molecule has 0 saturated heterocycles. The average molecular weight is 253 g/mol. The molecule has 96 valence electrons. The van der Waals surface area contributed by atoms with Crippen LogP contribution < -0.4 is 10.1 Å². The minimum absolute atomic E-state index is 0.508. The molecule has 4 nitrogen and oxygen atoms in total. The van der Waals surface area contributed by atoms with Crippen molar-refractivity contribution in [3.8, 4) is 11.8 Å². The SMILES string of the molecule is COc1ccc(C)cc1Nc1nc(C)ccc1C#N. The van der Waals surface area contributed by atoms with E-state index in [0.717, 1.165) is 22.7 Å². The smallest absolute Gasteiger partial charge is 0.148 e. The Hall–Kier alpha value is -2.54. The number of hydrogen-bond donors (Lipinski definition) is 1. The van der Waals surface area contributed by atoms with E-state index in [0.29, 0.717) is 11.4 Å². The number of anilines is 2. The van der Waals surface area contributed by atoms with Crippen LogP contribution in [-0.2, 0) is 0 Å². The Morgan fingerprint density at radius 1 is 1.21 bits per heavy atom. The quantitative estimate of drug-likeness (QED) is 0.911. The van der Waals surface area contributed by atoms with Gasteiger partial charge in [-0.25, -0.2) is 4.98 Å². The Morgan fingerprint density at radius 2 is 2.00 bits per heavy atom. The summed E-state index contributed by atoms with van der Waals surface area (Å²) >= 11 is 0. The van der Waals surface area contributed by atoms with E-state index in [1.807, 2.05) is 38.1 Å². The van der Waals surface area contributed by atoms with E-state index in [1.165, 1.54) is 0 Å². The third-order valence-corrected chi connectivity index (χ3v) is 2.76. The molecular formula is C15H15N3O. The molecule has 0 amide bonds. The van der Waals surface area contributed by atoms with Crippen LogP contribution >= 0.6 is 0 Å². The van der Waals surface area contributed by atoms with Crippen LogP contribution in [0.15, 0.2) is 30.3 Å². The van der Waals surface area contributed by atoms with Crippen LogP contribution in [0, 0.1) is 25.2 Å². The molecule has 0 saturated carbocycles. The number of rotatable bonds is 3. The molecule has 0 aliphatic heterocycles. The van der Waals surface area contributed by atoms with Crippen LogP contribution in [0.3, 0.4) is 0 Å². The molecule has 1 N–H and O–H groups in total. The average Bonchev–Trinajstić information content (AvgIpc) is 2.39. The summed E-state index contributed by atoms with van der Waals surface area (Å²) in [5, 5.41) is 12.3. The molecule has 2 rings (SSSR count). The van der Waals surface area contributed by atoms with Crippen LogP contribution in [0.2, 0.25) is 0 Å². The maximum Gasteiger partial charge on any atom is 0.148 e. The van der Waals surface area contributed by atoms with Gasteiger partial charge in [0.25, 0.3) is 0 Å². The molecule has 19 heavy (non-hydrogen) atoms. The van der Waals surface area contributed by atoms with E-state index in [1.54, 1.807) is 13.2 Å². The van der Waals surface area contributed by atoms with Crippen LogP contribution in [0.4, 0.5) is 11.5 Å². The topological polar surface area (TPSA) is 57.9 Å². The summed E-state index contributed by atoms with van der Waals surface area (Å²) in [6.07, 6.45) is 0. The number of benzene rings is 1. The van der Waals surface area contributed by atoms with E-state index < -0.39 is 0 Å². The normalized spacial score (nSPS) is 9.79. The Bertz CT molecular complexity index is 644. The number of ether oxygens (including phenoxy) is 1. The van der Waals surface area contributed by atoms with Gasteiger partial charge in [0.1, 0.15) is 17.6 Å². The minimum Gasteiger partial charge on any atom is -0.495 e. The molecule has 1 aromatic carbocycles. The van der Waals surface area contributed by atoms with Gasteiger partial charge >= 0.3 is 0 Å². The molecule has 0 aliphatic carbocycles. The fraction of sp³-hybridized carbons (Fsp3) is 0.200. The van der Waals surface area contributed by atoms with Crippen LogP contribution in [0.5, 0.6) is 5.75 Å². The standard InChI is InChI=1S/C15H15N3O/c1-10-4-7-14(19-3)13(8-10)18-15-12(9-16)6-5-11(2)17-15/h4-8H,1-3H3,(H,17,18). The van der Waals surface area contributed by atoms with Gasteiger partial charge in [0.2, 0.25) is 0 Å². The first-order valence-corrected chi connectivity index (χ1v) is 5.93. The van der Waals surface area contributed by atoms with Crippen LogP contribution in [-0.4, -0.2) is 12.1 Å². The molecule has 0 atom stereocenters. The third-order valence-electron chi connectivity index (χ3n) is 2.76. The summed E-state index contributed by atoms with van der Waals surface area (Å²) in [5.41, 5.74) is 3.27. The van der Waals surface area contributed by atoms with Gasteiger partial charge in [0.05, 0.1) is 18.4 Å². The second-order valence-electron chi connectivity index (χ2n) is 4.29. The summed E-state index contributed by atoms with van der Waals surface area (Å²) in [6, 6.07) is 11.5. The van der Waals surface area contributed by atoms with Crippen molar-refractivity contribution in [2.45, 2.75) is 13.8 Å². The molecule has 2 aromatic rings. The van der Waals surface area contributed by atoms with Gasteiger partial charge < -0.3 is 10.1 Å². The van der Waals surface area contributed by atoms with Gasteiger partial charge in [0, 0.05) is 5.69 Å². The van der Waals surface area contributed by atoms with Crippen molar-refractivity contribution >= 4 is 11.5 Å². The number of aromatic nitrogens is 1. The fourth-order valence-electron chi connectivity index (χ4n) is 1.79. The number of aryl methyl sites for hydroxylation is 2. The Morgan fingerprint density at radius 3 is 2.68 bits per heavy atom. The van der Waals surface area contributed by atoms with Gasteiger partial charge in [-0.15, -0.1) is 0 Å². The number of hydrogen-bond acceptors (Lipinski definition) is 4. The predicted molar refractivity (Wildman–Crippen MR) is 74.7 cm³/mol. The summed E-state index contributed by atoms with van der Waals surface area (Å²) in [4.78, 5) is 4.36. The summed E-state index contributed by atoms with van der Waals surface area (Å²) in [5.74, 6) is 1.27. The van der Waals surface area contributed by atoms with Gasteiger partial charge in [-0.3, -0.25) is 0 Å². The molecule has 1 aromatic heterocycles. The van der Waals surface area contributed by atoms with E-state index in [9.17, 15) is 0 Å². The molecule has 0 unspecified atom stereocenters. The first kappa shape index (κ1) is 12.9. The Balaban J connectivity index is 2.44. The second kappa shape index (κ2) is 5.40. The van der Waals surface area contributed by atoms with Crippen molar-refractivity contribution < 1.29 is 4.74 Å². The highest BCUT2D eigenvalue weighted by atomic mass is 16.5. The van der Waals surface area contributed by atoms with Crippen molar-refractivity contribution in [3.05, 3.63) is 47.2 Å². The molecule has 0 spiro atoms. The molecule has 0 radical (unpaired) electrons. The lowest BCUT2D eigenvalue weighted by Crippen LogP contribution is -2.00. The van der Waals surface area contributed by atoms with Gasteiger partial charge in [-0.2, -0.15) is 5.26 Å². The van der Waals surface area contributed by atoms with Crippen molar-refractivity contribution in [2.75, 3.05) is 12.4 Å². The lowest BCUT2D eigenvalue weighted by Gasteiger charge is -2.12. The first-order chi connectivity index (χ1) is 9.13. The van der Waals surface area contributed by atoms with Gasteiger partial charge in [-0.05, 0) is 43.7 Å². The number of nitrogens with one attached hydrogen (secondary N) is 1. The van der Waals surface area contributed by atoms with Gasteiger partial charge in [0.15, 0.2) is 0 Å². The van der Waals surface area contributed by atoms with Crippen molar-refractivity contribution in [2.24, 2.45) is 0 Å². The second-order valence-corrected chi connectivity index (χ2v) is 4.29. The number of nitriles is 1. The van der Waals surface area contributed by atoms with E-state index in [-0.39, 0.29) is 0 Å². The van der Waals surface area contributed by atoms with Crippen molar-refractivity contribution in [1.29, 1.82) is 5.26 Å². The predicted octanol–water partition coefficient (Wildman–Crippen LogP) is 3.32. The molecule has 4 heteroatoms. The van der Waals surface area contributed by atoms with Crippen LogP contribution in [0.25, 0.3) is 0 Å². The lowest BCUT2D eigenvalue weighted by molar-refractivity contribution is 0.416. The highest BCUT2D eigenvalue weighted by Gasteiger charge is 2.08. The zero-order valence-corrected chi connectivity index (χ0v) is 11.2. The number of methoxy groups -OCH3 is 1. The largest absolute Gasteiger partial charge is 0.495 e. The molecule has 0 fully saturated rings. The van der Waals surface area contributed by atoms with E-state index in [4.69, 9.17) is 10.00 Å². The summed E-state index contributed by atoms with van der Waals surface area (Å²) < 4.78 is 5.30. The van der Waals surface area contributed by atoms with E-state index >= 15 is 0 Å². The molecule has 1 heterocycles. The molecule has 0 aliphatic rings. The molecular weight excluding hydrogens is 238 g/mol. The van der Waals surface area contributed by atoms with Crippen LogP contribution in [0.1, 0.15) is 16.8 Å².